The Bertz CT molecular complexity index is 739. The van der Waals surface area contributed by atoms with Crippen molar-refractivity contribution in [1.29, 1.82) is 0 Å². The van der Waals surface area contributed by atoms with E-state index in [1.54, 1.807) is 0 Å². The van der Waals surface area contributed by atoms with Crippen molar-refractivity contribution in [2.45, 2.75) is 18.9 Å². The van der Waals surface area contributed by atoms with Crippen molar-refractivity contribution < 1.29 is 35.9 Å². The first kappa shape index (κ1) is 18.6. The molecule has 2 rings (SSSR count). The third-order valence-corrected chi connectivity index (χ3v) is 2.79. The zero-order chi connectivity index (χ0) is 18.7. The predicted octanol–water partition coefficient (Wildman–Crippen LogP) is 3.48. The van der Waals surface area contributed by atoms with E-state index in [2.05, 4.69) is 15.2 Å². The summed E-state index contributed by atoms with van der Waals surface area (Å²) in [5.41, 5.74) is -1.20. The number of hydrogen-bond acceptors (Lipinski definition) is 3. The number of ether oxygens (including phenoxy) is 1. The summed E-state index contributed by atoms with van der Waals surface area (Å²) in [6.07, 6.45) is -8.23. The molecule has 2 aromatic rings. The van der Waals surface area contributed by atoms with Gasteiger partial charge in [0.05, 0.1) is 5.69 Å². The van der Waals surface area contributed by atoms with Crippen molar-refractivity contribution in [3.63, 3.8) is 0 Å². The normalized spacial score (nSPS) is 12.1. The number of amides is 1. The molecule has 0 unspecified atom stereocenters. The second-order valence-electron chi connectivity index (χ2n) is 4.84. The number of nitrogens with one attached hydrogen (secondary N) is 1. The summed E-state index contributed by atoms with van der Waals surface area (Å²) in [7, 11) is 0. The van der Waals surface area contributed by atoms with Crippen LogP contribution in [0.3, 0.4) is 0 Å². The summed E-state index contributed by atoms with van der Waals surface area (Å²) >= 11 is 0. The van der Waals surface area contributed by atoms with Crippen LogP contribution in [0.15, 0.2) is 36.5 Å². The molecule has 1 amide bonds. The number of hydrogen-bond donors (Lipinski definition) is 1. The van der Waals surface area contributed by atoms with E-state index in [0.29, 0.717) is 6.07 Å². The van der Waals surface area contributed by atoms with Crippen LogP contribution in [0.5, 0.6) is 5.75 Å². The highest BCUT2D eigenvalue weighted by Gasteiger charge is 2.33. The predicted molar refractivity (Wildman–Crippen MR) is 73.9 cm³/mol. The van der Waals surface area contributed by atoms with Gasteiger partial charge in [0, 0.05) is 6.20 Å². The van der Waals surface area contributed by atoms with E-state index in [1.165, 1.54) is 24.3 Å². The minimum atomic E-state index is -4.64. The molecular weight excluding hydrogens is 356 g/mol. The Morgan fingerprint density at radius 2 is 1.80 bits per heavy atom. The lowest BCUT2D eigenvalue weighted by Crippen LogP contribution is -2.22. The molecule has 0 saturated heterocycles. The number of para-hydroxylation sites is 2. The Labute approximate surface area is 137 Å². The summed E-state index contributed by atoms with van der Waals surface area (Å²) in [6, 6.07) is 6.08. The number of rotatable bonds is 5. The number of aromatic nitrogens is 2. The van der Waals surface area contributed by atoms with E-state index in [4.69, 9.17) is 0 Å². The molecule has 5 nitrogen and oxygen atoms in total. The monoisotopic (exact) mass is 367 g/mol. The largest absolute Gasteiger partial charge is 0.482 e. The third-order valence-electron chi connectivity index (χ3n) is 2.79. The molecule has 1 N–H and O–H groups in total. The van der Waals surface area contributed by atoms with Crippen molar-refractivity contribution >= 4 is 11.6 Å². The first-order valence-corrected chi connectivity index (χ1v) is 6.74. The summed E-state index contributed by atoms with van der Waals surface area (Å²) in [6.45, 7) is -2.10. The molecule has 0 aliphatic heterocycles. The minimum absolute atomic E-state index is 0.0417. The molecular formula is C14H11F6N3O2. The zero-order valence-electron chi connectivity index (χ0n) is 12.4. The molecule has 0 radical (unpaired) electrons. The quantitative estimate of drug-likeness (QED) is 0.824. The van der Waals surface area contributed by atoms with Crippen LogP contribution in [0.1, 0.15) is 5.69 Å². The second-order valence-corrected chi connectivity index (χ2v) is 4.84. The van der Waals surface area contributed by atoms with Gasteiger partial charge >= 0.3 is 12.4 Å². The SMILES string of the molecule is O=C(Cn1ccc(C(F)(F)F)n1)Nc1ccccc1OCC(F)(F)F. The molecule has 1 aromatic carbocycles. The fourth-order valence-electron chi connectivity index (χ4n) is 1.79. The molecule has 136 valence electrons. The third kappa shape index (κ3) is 5.69. The van der Waals surface area contributed by atoms with E-state index in [1.807, 2.05) is 0 Å². The number of nitrogens with zero attached hydrogens (tertiary/aromatic N) is 2. The van der Waals surface area contributed by atoms with Crippen molar-refractivity contribution in [2.24, 2.45) is 0 Å². The van der Waals surface area contributed by atoms with E-state index in [0.717, 1.165) is 10.9 Å². The van der Waals surface area contributed by atoms with Crippen LogP contribution in [0, 0.1) is 0 Å². The number of carbonyl (C=O) groups excluding carboxylic acids is 1. The Kier molecular flexibility index (Phi) is 5.24. The average Bonchev–Trinajstić information content (AvgIpc) is 2.94. The lowest BCUT2D eigenvalue weighted by Gasteiger charge is -2.13. The van der Waals surface area contributed by atoms with Gasteiger partial charge in [0.15, 0.2) is 12.3 Å². The van der Waals surface area contributed by atoms with Crippen molar-refractivity contribution in [2.75, 3.05) is 11.9 Å². The van der Waals surface area contributed by atoms with Gasteiger partial charge in [-0.1, -0.05) is 12.1 Å². The van der Waals surface area contributed by atoms with Gasteiger partial charge in [0.2, 0.25) is 5.91 Å². The first-order chi connectivity index (χ1) is 11.5. The molecule has 25 heavy (non-hydrogen) atoms. The standard InChI is InChI=1S/C14H11F6N3O2/c15-13(16,17)8-25-10-4-2-1-3-9(10)21-12(24)7-23-6-5-11(22-23)14(18,19)20/h1-6H,7-8H2,(H,21,24). The van der Waals surface area contributed by atoms with Gasteiger partial charge in [0.1, 0.15) is 12.3 Å². The van der Waals surface area contributed by atoms with Crippen LogP contribution in [0.25, 0.3) is 0 Å². The fourth-order valence-corrected chi connectivity index (χ4v) is 1.79. The first-order valence-electron chi connectivity index (χ1n) is 6.74. The van der Waals surface area contributed by atoms with Gasteiger partial charge in [0.25, 0.3) is 0 Å². The van der Waals surface area contributed by atoms with Crippen molar-refractivity contribution in [3.8, 4) is 5.75 Å². The maximum atomic E-state index is 12.4. The lowest BCUT2D eigenvalue weighted by molar-refractivity contribution is -0.153. The molecule has 0 aliphatic carbocycles. The van der Waals surface area contributed by atoms with Gasteiger partial charge < -0.3 is 10.1 Å². The Morgan fingerprint density at radius 3 is 2.40 bits per heavy atom. The average molecular weight is 367 g/mol. The smallest absolute Gasteiger partial charge is 0.435 e. The molecule has 0 fully saturated rings. The summed E-state index contributed by atoms with van der Waals surface area (Å²) in [5, 5.41) is 5.47. The molecule has 1 aromatic heterocycles. The topological polar surface area (TPSA) is 56.2 Å². The maximum Gasteiger partial charge on any atom is 0.435 e. The van der Waals surface area contributed by atoms with Crippen molar-refractivity contribution in [1.82, 2.24) is 9.78 Å². The number of benzene rings is 1. The number of carbonyl (C=O) groups is 1. The van der Waals surface area contributed by atoms with Crippen LogP contribution >= 0.6 is 0 Å². The molecule has 11 heteroatoms. The summed E-state index contributed by atoms with van der Waals surface area (Å²) in [4.78, 5) is 11.9. The lowest BCUT2D eigenvalue weighted by atomic mass is 10.3. The van der Waals surface area contributed by atoms with Crippen LogP contribution in [-0.2, 0) is 17.5 Å². The minimum Gasteiger partial charge on any atom is -0.482 e. The van der Waals surface area contributed by atoms with Crippen LogP contribution in [0.2, 0.25) is 0 Å². The second kappa shape index (κ2) is 7.03. The van der Waals surface area contributed by atoms with E-state index in [-0.39, 0.29) is 11.4 Å². The molecule has 1 heterocycles. The highest BCUT2D eigenvalue weighted by atomic mass is 19.4. The summed E-state index contributed by atoms with van der Waals surface area (Å²) in [5.74, 6) is -0.996. The van der Waals surface area contributed by atoms with Gasteiger partial charge in [-0.2, -0.15) is 31.4 Å². The van der Waals surface area contributed by atoms with E-state index >= 15 is 0 Å². The molecule has 0 atom stereocenters. The molecule has 0 bridgehead atoms. The summed E-state index contributed by atoms with van der Waals surface area (Å²) < 4.78 is 79.3. The van der Waals surface area contributed by atoms with E-state index in [9.17, 15) is 31.1 Å². The molecule has 0 spiro atoms. The van der Waals surface area contributed by atoms with Crippen LogP contribution < -0.4 is 10.1 Å². The maximum absolute atomic E-state index is 12.4. The number of anilines is 1. The Balaban J connectivity index is 2.02. The van der Waals surface area contributed by atoms with Gasteiger partial charge in [-0.15, -0.1) is 0 Å². The molecule has 0 saturated carbocycles. The zero-order valence-corrected chi connectivity index (χ0v) is 12.4. The van der Waals surface area contributed by atoms with Crippen LogP contribution in [-0.4, -0.2) is 28.5 Å². The Hall–Kier alpha value is -2.72. The van der Waals surface area contributed by atoms with E-state index < -0.39 is 37.1 Å². The van der Waals surface area contributed by atoms with Gasteiger partial charge in [-0.05, 0) is 18.2 Å². The number of halogens is 6. The number of alkyl halides is 6. The van der Waals surface area contributed by atoms with Gasteiger partial charge in [-0.25, -0.2) is 0 Å². The Morgan fingerprint density at radius 1 is 1.12 bits per heavy atom. The fraction of sp³-hybridized carbons (Fsp3) is 0.286. The van der Waals surface area contributed by atoms with Gasteiger partial charge in [-0.3, -0.25) is 9.48 Å². The molecule has 0 aliphatic rings. The van der Waals surface area contributed by atoms with Crippen LogP contribution in [0.4, 0.5) is 32.0 Å². The highest BCUT2D eigenvalue weighted by Crippen LogP contribution is 2.28. The highest BCUT2D eigenvalue weighted by molar-refractivity contribution is 5.92. The van der Waals surface area contributed by atoms with Crippen molar-refractivity contribution in [3.05, 3.63) is 42.2 Å².